The number of phenols is 1. The number of hydrogen-bond donors (Lipinski definition) is 1. The topological polar surface area (TPSA) is 107 Å². The summed E-state index contributed by atoms with van der Waals surface area (Å²) in [4.78, 5) is 11.0. The van der Waals surface area contributed by atoms with E-state index in [1.54, 1.807) is 0 Å². The first kappa shape index (κ1) is 15.0. The van der Waals surface area contributed by atoms with Crippen LogP contribution in [0, 0.1) is 0 Å². The van der Waals surface area contributed by atoms with E-state index in [9.17, 15) is 4.79 Å². The van der Waals surface area contributed by atoms with Gasteiger partial charge in [-0.25, -0.2) is 0 Å². The Bertz CT molecular complexity index is 313. The van der Waals surface area contributed by atoms with E-state index in [0.29, 0.717) is 5.46 Å². The molecule has 0 amide bonds. The number of rotatable bonds is 1. The Hall–Kier alpha value is -1.53. The van der Waals surface area contributed by atoms with Crippen molar-refractivity contribution in [2.75, 3.05) is 7.11 Å². The van der Waals surface area contributed by atoms with Crippen LogP contribution >= 0.6 is 0 Å². The average Bonchev–Trinajstić information content (AvgIpc) is 2.08. The number of methoxy groups -OCH3 is 1. The van der Waals surface area contributed by atoms with E-state index < -0.39 is 5.97 Å². The van der Waals surface area contributed by atoms with Crippen LogP contribution < -0.4 is 5.46 Å². The molecule has 0 atom stereocenters. The molecular weight excluding hydrogens is 187 g/mol. The summed E-state index contributed by atoms with van der Waals surface area (Å²) < 4.78 is 4.44. The number of carbonyl (C=O) groups is 1. The largest absolute Gasteiger partial charge is 0.870 e. The quantitative estimate of drug-likeness (QED) is 0.486. The van der Waals surface area contributed by atoms with Crippen LogP contribution in [0.2, 0.25) is 0 Å². The number of hydrogen-bond acceptors (Lipinski definition) is 5. The zero-order chi connectivity index (χ0) is 9.14. The molecule has 0 bridgehead atoms. The molecule has 1 rings (SSSR count). The molecule has 0 aromatic heterocycles. The zero-order valence-electron chi connectivity index (χ0n) is 7.47. The Labute approximate surface area is 82.3 Å². The maximum Gasteiger partial charge on any atom is -0.870 e. The number of benzene rings is 1. The van der Waals surface area contributed by atoms with Crippen LogP contribution in [0.25, 0.3) is 0 Å². The summed E-state index contributed by atoms with van der Waals surface area (Å²) in [5.74, 6) is -0.562. The number of esters is 1. The van der Waals surface area contributed by atoms with Gasteiger partial charge in [-0.3, -0.25) is 0 Å². The average molecular weight is 196 g/mol. The summed E-state index contributed by atoms with van der Waals surface area (Å²) in [7, 11) is 6.71. The molecule has 1 aromatic carbocycles. The van der Waals surface area contributed by atoms with E-state index in [1.807, 2.05) is 0 Å². The van der Waals surface area contributed by atoms with Gasteiger partial charge >= 0.3 is 70.5 Å². The van der Waals surface area contributed by atoms with Gasteiger partial charge in [-0.15, -0.1) is 0 Å². The van der Waals surface area contributed by atoms with Crippen LogP contribution in [-0.2, 0) is 4.74 Å². The van der Waals surface area contributed by atoms with Gasteiger partial charge in [-0.05, 0) is 0 Å². The minimum absolute atomic E-state index is 0. The SMILES string of the molecule is [B+2]c1ccc(O)cc1C(=O)OC.[OH-].[OH-]. The van der Waals surface area contributed by atoms with Gasteiger partial charge in [0.25, 0.3) is 0 Å². The zero-order valence-corrected chi connectivity index (χ0v) is 7.47. The van der Waals surface area contributed by atoms with Crippen LogP contribution in [0.3, 0.4) is 0 Å². The van der Waals surface area contributed by atoms with E-state index in [0.717, 1.165) is 0 Å². The first-order valence-corrected chi connectivity index (χ1v) is 3.32. The van der Waals surface area contributed by atoms with Crippen LogP contribution in [0.15, 0.2) is 18.2 Å². The molecule has 0 radical (unpaired) electrons. The smallest absolute Gasteiger partial charge is 0.870 e. The maximum atomic E-state index is 11.0. The number of carbonyl (C=O) groups excluding carboxylic acids is 1. The van der Waals surface area contributed by atoms with Gasteiger partial charge in [-0.2, -0.15) is 0 Å². The minimum atomic E-state index is -0.552. The Morgan fingerprint density at radius 3 is 2.50 bits per heavy atom. The monoisotopic (exact) mass is 196 g/mol. The Morgan fingerprint density at radius 1 is 1.43 bits per heavy atom. The van der Waals surface area contributed by atoms with Crippen molar-refractivity contribution in [2.24, 2.45) is 0 Å². The van der Waals surface area contributed by atoms with E-state index in [1.165, 1.54) is 25.3 Å². The summed E-state index contributed by atoms with van der Waals surface area (Å²) in [5.41, 5.74) is 0.470. The Kier molecular flexibility index (Phi) is 6.43. The Balaban J connectivity index is 0. The molecule has 3 N–H and O–H groups in total. The van der Waals surface area contributed by atoms with Crippen molar-refractivity contribution in [3.05, 3.63) is 23.8 Å². The molecular formula is C8H9BO5. The second kappa shape index (κ2) is 6.01. The molecule has 14 heavy (non-hydrogen) atoms. The number of aromatic hydroxyl groups is 1. The van der Waals surface area contributed by atoms with Gasteiger partial charge in [-0.1, -0.05) is 0 Å². The van der Waals surface area contributed by atoms with Crippen molar-refractivity contribution in [2.45, 2.75) is 0 Å². The van der Waals surface area contributed by atoms with Crippen LogP contribution in [-0.4, -0.2) is 37.0 Å². The van der Waals surface area contributed by atoms with Gasteiger partial charge in [0.05, 0.1) is 0 Å². The van der Waals surface area contributed by atoms with Crippen LogP contribution in [0.5, 0.6) is 5.75 Å². The van der Waals surface area contributed by atoms with Gasteiger partial charge < -0.3 is 11.0 Å². The molecule has 1 aromatic rings. The van der Waals surface area contributed by atoms with E-state index >= 15 is 0 Å². The molecule has 74 valence electrons. The van der Waals surface area contributed by atoms with Gasteiger partial charge in [0.15, 0.2) is 0 Å². The summed E-state index contributed by atoms with van der Waals surface area (Å²) in [5, 5.41) is 9.02. The van der Waals surface area contributed by atoms with Gasteiger partial charge in [0, 0.05) is 0 Å². The predicted octanol–water partition coefficient (Wildman–Crippen LogP) is -0.381. The third-order valence-electron chi connectivity index (χ3n) is 1.44. The molecule has 0 saturated heterocycles. The van der Waals surface area contributed by atoms with Crippen molar-refractivity contribution >= 4 is 19.3 Å². The first-order chi connectivity index (χ1) is 5.65. The summed E-state index contributed by atoms with van der Waals surface area (Å²) in [6.07, 6.45) is 0. The fraction of sp³-hybridized carbons (Fsp3) is 0.125. The summed E-state index contributed by atoms with van der Waals surface area (Å²) in [6.45, 7) is 0. The molecule has 0 heterocycles. The van der Waals surface area contributed by atoms with E-state index in [2.05, 4.69) is 4.74 Å². The minimum Gasteiger partial charge on any atom is -0.870 e. The fourth-order valence-electron chi connectivity index (χ4n) is 0.831. The third-order valence-corrected chi connectivity index (χ3v) is 1.44. The molecule has 6 heteroatoms. The maximum absolute atomic E-state index is 11.0. The van der Waals surface area contributed by atoms with Gasteiger partial charge in [0.2, 0.25) is 0 Å². The predicted molar refractivity (Wildman–Crippen MR) is 48.7 cm³/mol. The fourth-order valence-corrected chi connectivity index (χ4v) is 0.831. The standard InChI is InChI=1S/C8H7BO3.2H2O/c1-12-8(11)6-4-5(10)2-3-7(6)9;;/h2-4,10H,1H3;2*1H2/q+2;;/p-2. The van der Waals surface area contributed by atoms with Crippen molar-refractivity contribution in [3.63, 3.8) is 0 Å². The second-order valence-electron chi connectivity index (χ2n) is 2.26. The van der Waals surface area contributed by atoms with E-state index in [4.69, 9.17) is 13.0 Å². The normalized spacial score (nSPS) is 8.21. The molecule has 0 saturated carbocycles. The van der Waals surface area contributed by atoms with Crippen molar-refractivity contribution in [1.82, 2.24) is 0 Å². The summed E-state index contributed by atoms with van der Waals surface area (Å²) in [6, 6.07) is 4.12. The van der Waals surface area contributed by atoms with Crippen molar-refractivity contribution < 1.29 is 25.6 Å². The molecule has 0 fully saturated rings. The Morgan fingerprint density at radius 2 is 2.00 bits per heavy atom. The third kappa shape index (κ3) is 3.08. The second-order valence-corrected chi connectivity index (χ2v) is 2.26. The molecule has 0 aliphatic carbocycles. The van der Waals surface area contributed by atoms with Gasteiger partial charge in [0.1, 0.15) is 0 Å². The van der Waals surface area contributed by atoms with Crippen LogP contribution in [0.4, 0.5) is 0 Å². The van der Waals surface area contributed by atoms with Crippen molar-refractivity contribution in [3.8, 4) is 5.75 Å². The number of ether oxygens (including phenoxy) is 1. The van der Waals surface area contributed by atoms with E-state index in [-0.39, 0.29) is 22.3 Å². The molecule has 0 aliphatic rings. The van der Waals surface area contributed by atoms with Crippen LogP contribution in [0.1, 0.15) is 10.4 Å². The van der Waals surface area contributed by atoms with Crippen molar-refractivity contribution in [1.29, 1.82) is 0 Å². The summed E-state index contributed by atoms with van der Waals surface area (Å²) >= 11 is 0. The first-order valence-electron chi connectivity index (χ1n) is 3.32. The number of phenolic OH excluding ortho intramolecular Hbond substituents is 1. The molecule has 0 spiro atoms. The molecule has 0 unspecified atom stereocenters. The molecule has 0 aliphatic heterocycles. The molecule has 5 nitrogen and oxygen atoms in total.